The highest BCUT2D eigenvalue weighted by atomic mass is 16.6. The molecule has 1 aliphatic rings. The van der Waals surface area contributed by atoms with Crippen LogP contribution in [0.25, 0.3) is 0 Å². The van der Waals surface area contributed by atoms with E-state index in [9.17, 15) is 14.7 Å². The van der Waals surface area contributed by atoms with Gasteiger partial charge in [-0.05, 0) is 6.42 Å². The molecule has 2 N–H and O–H groups in total. The number of ether oxygens (including phenoxy) is 2. The Labute approximate surface area is 115 Å². The van der Waals surface area contributed by atoms with Crippen LogP contribution in [-0.4, -0.2) is 33.5 Å². The maximum atomic E-state index is 11.8. The molecule has 7 nitrogen and oxygen atoms in total. The Morgan fingerprint density at radius 3 is 3.05 bits per heavy atom. The van der Waals surface area contributed by atoms with Crippen LogP contribution in [0.2, 0.25) is 0 Å². The standard InChI is InChI=1S/C13H18N2O5/c1-3-8-6-15(13(18)14-12(8)17)11-5-9(16)10(20-11)7-19-4-2/h4,6,9-11,16H,2-3,5,7H2,1H3,(H,14,17,18)/t9-,10+,11?/m0/s1. The number of hydrogen-bond acceptors (Lipinski definition) is 5. The molecular weight excluding hydrogens is 264 g/mol. The van der Waals surface area contributed by atoms with Gasteiger partial charge in [-0.15, -0.1) is 0 Å². The van der Waals surface area contributed by atoms with Crippen molar-refractivity contribution in [3.05, 3.63) is 45.4 Å². The Morgan fingerprint density at radius 1 is 1.65 bits per heavy atom. The highest BCUT2D eigenvalue weighted by Gasteiger charge is 2.35. The van der Waals surface area contributed by atoms with Gasteiger partial charge in [-0.2, -0.15) is 0 Å². The number of aliphatic hydroxyl groups excluding tert-OH is 1. The van der Waals surface area contributed by atoms with Crippen molar-refractivity contribution in [1.29, 1.82) is 0 Å². The molecule has 1 aromatic heterocycles. The van der Waals surface area contributed by atoms with Gasteiger partial charge in [0, 0.05) is 18.2 Å². The molecule has 0 bridgehead atoms. The fraction of sp³-hybridized carbons (Fsp3) is 0.538. The molecule has 0 aromatic carbocycles. The van der Waals surface area contributed by atoms with Crippen molar-refractivity contribution in [1.82, 2.24) is 9.55 Å². The van der Waals surface area contributed by atoms with Crippen LogP contribution in [0.1, 0.15) is 25.1 Å². The molecule has 0 radical (unpaired) electrons. The molecule has 1 saturated heterocycles. The molecule has 3 atom stereocenters. The lowest BCUT2D eigenvalue weighted by molar-refractivity contribution is -0.0485. The van der Waals surface area contributed by atoms with Gasteiger partial charge in [-0.1, -0.05) is 13.5 Å². The molecule has 0 aliphatic carbocycles. The molecule has 1 fully saturated rings. The van der Waals surface area contributed by atoms with Crippen LogP contribution < -0.4 is 11.2 Å². The van der Waals surface area contributed by atoms with Crippen molar-refractivity contribution in [2.24, 2.45) is 0 Å². The minimum Gasteiger partial charge on any atom is -0.499 e. The van der Waals surface area contributed by atoms with E-state index in [2.05, 4.69) is 11.6 Å². The van der Waals surface area contributed by atoms with E-state index in [-0.39, 0.29) is 18.6 Å². The molecule has 2 rings (SSSR count). The minimum atomic E-state index is -0.733. The first-order chi connectivity index (χ1) is 9.56. The van der Waals surface area contributed by atoms with E-state index in [1.807, 2.05) is 6.92 Å². The number of aryl methyl sites for hydroxylation is 1. The van der Waals surface area contributed by atoms with Crippen molar-refractivity contribution in [3.8, 4) is 0 Å². The number of H-pyrrole nitrogens is 1. The van der Waals surface area contributed by atoms with Crippen LogP contribution in [0, 0.1) is 0 Å². The lowest BCUT2D eigenvalue weighted by Gasteiger charge is -2.16. The van der Waals surface area contributed by atoms with E-state index in [1.54, 1.807) is 0 Å². The Balaban J connectivity index is 2.23. The van der Waals surface area contributed by atoms with Crippen LogP contribution in [0.15, 0.2) is 28.6 Å². The summed E-state index contributed by atoms with van der Waals surface area (Å²) >= 11 is 0. The third-order valence-electron chi connectivity index (χ3n) is 3.32. The van der Waals surface area contributed by atoms with Gasteiger partial charge in [0.2, 0.25) is 0 Å². The fourth-order valence-corrected chi connectivity index (χ4v) is 2.19. The number of nitrogens with one attached hydrogen (secondary N) is 1. The van der Waals surface area contributed by atoms with E-state index < -0.39 is 24.1 Å². The molecule has 1 aromatic rings. The molecular formula is C13H18N2O5. The van der Waals surface area contributed by atoms with E-state index in [0.717, 1.165) is 0 Å². The summed E-state index contributed by atoms with van der Waals surface area (Å²) in [6.07, 6.45) is 1.65. The van der Waals surface area contributed by atoms with E-state index in [4.69, 9.17) is 9.47 Å². The fourth-order valence-electron chi connectivity index (χ4n) is 2.19. The van der Waals surface area contributed by atoms with Crippen molar-refractivity contribution in [3.63, 3.8) is 0 Å². The molecule has 0 spiro atoms. The molecule has 0 amide bonds. The van der Waals surface area contributed by atoms with Gasteiger partial charge < -0.3 is 14.6 Å². The summed E-state index contributed by atoms with van der Waals surface area (Å²) in [5.41, 5.74) is -0.443. The number of aromatic amines is 1. The normalized spacial score (nSPS) is 25.6. The molecule has 20 heavy (non-hydrogen) atoms. The smallest absolute Gasteiger partial charge is 0.330 e. The number of aromatic nitrogens is 2. The summed E-state index contributed by atoms with van der Waals surface area (Å²) in [5.74, 6) is 0. The number of aliphatic hydroxyl groups is 1. The number of nitrogens with zero attached hydrogens (tertiary/aromatic N) is 1. The van der Waals surface area contributed by atoms with Crippen LogP contribution >= 0.6 is 0 Å². The van der Waals surface area contributed by atoms with Gasteiger partial charge in [-0.25, -0.2) is 4.79 Å². The summed E-state index contributed by atoms with van der Waals surface area (Å²) in [5, 5.41) is 9.89. The molecule has 110 valence electrons. The van der Waals surface area contributed by atoms with Crippen molar-refractivity contribution in [2.45, 2.75) is 38.2 Å². The average Bonchev–Trinajstić information content (AvgIpc) is 2.77. The SMILES string of the molecule is C=COC[C@H]1OC(n2cc(CC)c(=O)[nH]c2=O)C[C@@H]1O. The van der Waals surface area contributed by atoms with Gasteiger partial charge in [0.25, 0.3) is 5.56 Å². The Morgan fingerprint density at radius 2 is 2.40 bits per heavy atom. The number of hydrogen-bond donors (Lipinski definition) is 2. The molecule has 1 aliphatic heterocycles. The molecule has 0 saturated carbocycles. The van der Waals surface area contributed by atoms with Gasteiger partial charge in [0.15, 0.2) is 0 Å². The van der Waals surface area contributed by atoms with E-state index in [0.29, 0.717) is 12.0 Å². The van der Waals surface area contributed by atoms with Crippen LogP contribution in [0.5, 0.6) is 0 Å². The maximum Gasteiger partial charge on any atom is 0.330 e. The highest BCUT2D eigenvalue weighted by Crippen LogP contribution is 2.27. The van der Waals surface area contributed by atoms with Gasteiger partial charge >= 0.3 is 5.69 Å². The zero-order chi connectivity index (χ0) is 14.7. The lowest BCUT2D eigenvalue weighted by Crippen LogP contribution is -2.34. The predicted octanol–water partition coefficient (Wildman–Crippen LogP) is -0.0925. The zero-order valence-electron chi connectivity index (χ0n) is 11.2. The summed E-state index contributed by atoms with van der Waals surface area (Å²) in [4.78, 5) is 25.6. The third-order valence-corrected chi connectivity index (χ3v) is 3.32. The monoisotopic (exact) mass is 282 g/mol. The number of rotatable bonds is 5. The largest absolute Gasteiger partial charge is 0.499 e. The second-order valence-electron chi connectivity index (χ2n) is 4.61. The molecule has 2 heterocycles. The minimum absolute atomic E-state index is 0.167. The first kappa shape index (κ1) is 14.5. The third kappa shape index (κ3) is 2.83. The van der Waals surface area contributed by atoms with Crippen molar-refractivity contribution >= 4 is 0 Å². The van der Waals surface area contributed by atoms with Crippen LogP contribution in [-0.2, 0) is 15.9 Å². The van der Waals surface area contributed by atoms with Crippen molar-refractivity contribution in [2.75, 3.05) is 6.61 Å². The van der Waals surface area contributed by atoms with Gasteiger partial charge in [-0.3, -0.25) is 14.3 Å². The summed E-state index contributed by atoms with van der Waals surface area (Å²) in [6, 6.07) is 0. The first-order valence-electron chi connectivity index (χ1n) is 6.47. The lowest BCUT2D eigenvalue weighted by atomic mass is 10.2. The maximum absolute atomic E-state index is 11.8. The van der Waals surface area contributed by atoms with E-state index >= 15 is 0 Å². The van der Waals surface area contributed by atoms with Crippen molar-refractivity contribution < 1.29 is 14.6 Å². The molecule has 1 unspecified atom stereocenters. The second-order valence-corrected chi connectivity index (χ2v) is 4.61. The van der Waals surface area contributed by atoms with Crippen LogP contribution in [0.3, 0.4) is 0 Å². The summed E-state index contributed by atoms with van der Waals surface area (Å²) < 4.78 is 11.9. The molecule has 7 heteroatoms. The van der Waals surface area contributed by atoms with Gasteiger partial charge in [0.05, 0.1) is 12.4 Å². The Bertz CT molecular complexity index is 591. The Hall–Kier alpha value is -1.86. The van der Waals surface area contributed by atoms with Gasteiger partial charge in [0.1, 0.15) is 18.9 Å². The summed E-state index contributed by atoms with van der Waals surface area (Å²) in [7, 11) is 0. The average molecular weight is 282 g/mol. The topological polar surface area (TPSA) is 93.5 Å². The van der Waals surface area contributed by atoms with Crippen LogP contribution in [0.4, 0.5) is 0 Å². The predicted molar refractivity (Wildman–Crippen MR) is 71.4 cm³/mol. The Kier molecular flexibility index (Phi) is 4.41. The first-order valence-corrected chi connectivity index (χ1v) is 6.47. The zero-order valence-corrected chi connectivity index (χ0v) is 11.2. The second kappa shape index (κ2) is 6.06. The van der Waals surface area contributed by atoms with E-state index in [1.165, 1.54) is 17.0 Å². The quantitative estimate of drug-likeness (QED) is 0.736. The summed E-state index contributed by atoms with van der Waals surface area (Å²) in [6.45, 7) is 5.41. The highest BCUT2D eigenvalue weighted by molar-refractivity contribution is 5.04.